The van der Waals surface area contributed by atoms with E-state index in [1.807, 2.05) is 0 Å². The normalized spacial score (nSPS) is 24.8. The van der Waals surface area contributed by atoms with Crippen molar-refractivity contribution < 1.29 is 14.2 Å². The molecular formula is C7H11O3P. The van der Waals surface area contributed by atoms with Crippen molar-refractivity contribution >= 4 is 18.7 Å². The molecule has 0 saturated carbocycles. The lowest BCUT2D eigenvalue weighted by atomic mass is 10.2. The SMILES string of the molecule is CP1(=O)CC(=O)CCC(=O)C1. The van der Waals surface area contributed by atoms with Crippen LogP contribution in [0.5, 0.6) is 0 Å². The summed E-state index contributed by atoms with van der Waals surface area (Å²) in [5, 5.41) is 0. The highest BCUT2D eigenvalue weighted by molar-refractivity contribution is 7.65. The van der Waals surface area contributed by atoms with E-state index in [0.717, 1.165) is 0 Å². The van der Waals surface area contributed by atoms with Gasteiger partial charge in [-0.2, -0.15) is 0 Å². The van der Waals surface area contributed by atoms with Crippen LogP contribution in [0.3, 0.4) is 0 Å². The zero-order valence-electron chi connectivity index (χ0n) is 6.50. The number of carbonyl (C=O) groups is 2. The Labute approximate surface area is 65.5 Å². The van der Waals surface area contributed by atoms with Crippen LogP contribution in [0.4, 0.5) is 0 Å². The van der Waals surface area contributed by atoms with Gasteiger partial charge in [0, 0.05) is 12.8 Å². The first-order valence-electron chi connectivity index (χ1n) is 3.58. The van der Waals surface area contributed by atoms with Crippen molar-refractivity contribution in [2.75, 3.05) is 19.0 Å². The Kier molecular flexibility index (Phi) is 2.28. The summed E-state index contributed by atoms with van der Waals surface area (Å²) in [6.45, 7) is 1.54. The smallest absolute Gasteiger partial charge is 0.140 e. The number of carbonyl (C=O) groups excluding carboxylic acids is 2. The fourth-order valence-electron chi connectivity index (χ4n) is 1.24. The maximum atomic E-state index is 11.4. The highest BCUT2D eigenvalue weighted by Crippen LogP contribution is 2.42. The van der Waals surface area contributed by atoms with Gasteiger partial charge in [0.1, 0.15) is 11.6 Å². The molecule has 1 rings (SSSR count). The van der Waals surface area contributed by atoms with Crippen molar-refractivity contribution in [3.63, 3.8) is 0 Å². The number of rotatable bonds is 0. The molecule has 11 heavy (non-hydrogen) atoms. The molecule has 0 N–H and O–H groups in total. The van der Waals surface area contributed by atoms with Crippen LogP contribution in [-0.2, 0) is 14.2 Å². The zero-order chi connectivity index (χ0) is 8.48. The van der Waals surface area contributed by atoms with Gasteiger partial charge in [-0.3, -0.25) is 9.59 Å². The molecule has 0 aromatic heterocycles. The summed E-state index contributed by atoms with van der Waals surface area (Å²) in [5.41, 5.74) is 0. The van der Waals surface area contributed by atoms with Crippen LogP contribution in [0.15, 0.2) is 0 Å². The highest BCUT2D eigenvalue weighted by atomic mass is 31.2. The first kappa shape index (κ1) is 8.66. The van der Waals surface area contributed by atoms with Crippen LogP contribution in [0.2, 0.25) is 0 Å². The standard InChI is InChI=1S/C7H11O3P/c1-11(10)4-6(8)2-3-7(9)5-11/h2-5H2,1H3. The van der Waals surface area contributed by atoms with Gasteiger partial charge < -0.3 is 4.57 Å². The van der Waals surface area contributed by atoms with Crippen LogP contribution in [0.1, 0.15) is 12.8 Å². The molecule has 3 nitrogen and oxygen atoms in total. The van der Waals surface area contributed by atoms with Crippen LogP contribution in [-0.4, -0.2) is 30.6 Å². The second-order valence-corrected chi connectivity index (χ2v) is 6.42. The fraction of sp³-hybridized carbons (Fsp3) is 0.714. The molecule has 0 aliphatic carbocycles. The third-order valence-corrected chi connectivity index (χ3v) is 3.75. The molecule has 0 aromatic rings. The van der Waals surface area contributed by atoms with E-state index in [0.29, 0.717) is 0 Å². The molecule has 1 saturated heterocycles. The Hall–Kier alpha value is -0.430. The van der Waals surface area contributed by atoms with Crippen molar-refractivity contribution in [2.24, 2.45) is 0 Å². The predicted molar refractivity (Wildman–Crippen MR) is 42.5 cm³/mol. The third kappa shape index (κ3) is 2.58. The number of Topliss-reactive ketones (excluding diaryl/α,β-unsaturated/α-hetero) is 2. The first-order chi connectivity index (χ1) is 4.99. The van der Waals surface area contributed by atoms with Crippen molar-refractivity contribution in [3.8, 4) is 0 Å². The van der Waals surface area contributed by atoms with E-state index in [4.69, 9.17) is 0 Å². The van der Waals surface area contributed by atoms with E-state index in [1.165, 1.54) is 6.66 Å². The quantitative estimate of drug-likeness (QED) is 0.513. The van der Waals surface area contributed by atoms with Gasteiger partial charge in [0.15, 0.2) is 0 Å². The van der Waals surface area contributed by atoms with E-state index >= 15 is 0 Å². The topological polar surface area (TPSA) is 51.2 Å². The molecule has 1 aliphatic heterocycles. The second-order valence-electron chi connectivity index (χ2n) is 3.19. The van der Waals surface area contributed by atoms with Gasteiger partial charge >= 0.3 is 0 Å². The molecule has 4 heteroatoms. The molecule has 0 radical (unpaired) electrons. The largest absolute Gasteiger partial charge is 0.323 e. The lowest BCUT2D eigenvalue weighted by Gasteiger charge is -2.04. The van der Waals surface area contributed by atoms with Crippen LogP contribution >= 0.6 is 7.14 Å². The molecule has 1 aliphatic rings. The summed E-state index contributed by atoms with van der Waals surface area (Å²) in [7, 11) is -2.44. The van der Waals surface area contributed by atoms with E-state index in [-0.39, 0.29) is 36.7 Å². The Balaban J connectivity index is 2.79. The minimum atomic E-state index is -2.44. The molecule has 0 amide bonds. The Morgan fingerprint density at radius 1 is 1.09 bits per heavy atom. The fourth-order valence-corrected chi connectivity index (χ4v) is 3.16. The van der Waals surface area contributed by atoms with Crippen molar-refractivity contribution in [1.29, 1.82) is 0 Å². The summed E-state index contributed by atoms with van der Waals surface area (Å²) in [6, 6.07) is 0. The Morgan fingerprint density at radius 3 is 1.82 bits per heavy atom. The summed E-state index contributed by atoms with van der Waals surface area (Å²) in [6.07, 6.45) is 0.824. The zero-order valence-corrected chi connectivity index (χ0v) is 7.39. The van der Waals surface area contributed by atoms with E-state index in [9.17, 15) is 14.2 Å². The van der Waals surface area contributed by atoms with Gasteiger partial charge in [-0.1, -0.05) is 0 Å². The van der Waals surface area contributed by atoms with Crippen molar-refractivity contribution in [2.45, 2.75) is 12.8 Å². The summed E-state index contributed by atoms with van der Waals surface area (Å²) in [4.78, 5) is 21.8. The molecule has 0 atom stereocenters. The lowest BCUT2D eigenvalue weighted by Crippen LogP contribution is -2.02. The molecule has 0 unspecified atom stereocenters. The Morgan fingerprint density at radius 2 is 1.45 bits per heavy atom. The van der Waals surface area contributed by atoms with Crippen molar-refractivity contribution in [3.05, 3.63) is 0 Å². The average Bonchev–Trinajstić information content (AvgIpc) is 1.89. The number of hydrogen-bond acceptors (Lipinski definition) is 3. The minimum absolute atomic E-state index is 0.0262. The maximum absolute atomic E-state index is 11.4. The minimum Gasteiger partial charge on any atom is -0.323 e. The first-order valence-corrected chi connectivity index (χ1v) is 6.11. The average molecular weight is 174 g/mol. The van der Waals surface area contributed by atoms with Crippen LogP contribution in [0.25, 0.3) is 0 Å². The lowest BCUT2D eigenvalue weighted by molar-refractivity contribution is -0.121. The van der Waals surface area contributed by atoms with Gasteiger partial charge in [-0.15, -0.1) is 0 Å². The maximum Gasteiger partial charge on any atom is 0.140 e. The van der Waals surface area contributed by atoms with E-state index in [1.54, 1.807) is 0 Å². The van der Waals surface area contributed by atoms with Crippen LogP contribution < -0.4 is 0 Å². The molecular weight excluding hydrogens is 163 g/mol. The molecule has 1 fully saturated rings. The second kappa shape index (κ2) is 2.90. The summed E-state index contributed by atoms with van der Waals surface area (Å²) >= 11 is 0. The van der Waals surface area contributed by atoms with E-state index in [2.05, 4.69) is 0 Å². The molecule has 1 heterocycles. The molecule has 0 aromatic carbocycles. The van der Waals surface area contributed by atoms with Crippen molar-refractivity contribution in [1.82, 2.24) is 0 Å². The Bertz CT molecular complexity index is 222. The summed E-state index contributed by atoms with van der Waals surface area (Å²) < 4.78 is 11.4. The number of hydrogen-bond donors (Lipinski definition) is 0. The van der Waals surface area contributed by atoms with Gasteiger partial charge in [0.25, 0.3) is 0 Å². The van der Waals surface area contributed by atoms with Gasteiger partial charge in [0.05, 0.1) is 19.5 Å². The van der Waals surface area contributed by atoms with Gasteiger partial charge in [-0.25, -0.2) is 0 Å². The highest BCUT2D eigenvalue weighted by Gasteiger charge is 2.27. The third-order valence-electron chi connectivity index (χ3n) is 1.70. The summed E-state index contributed by atoms with van der Waals surface area (Å²) in [5.74, 6) is -0.0524. The van der Waals surface area contributed by atoms with Crippen LogP contribution in [0, 0.1) is 0 Å². The van der Waals surface area contributed by atoms with Gasteiger partial charge in [-0.05, 0) is 6.66 Å². The number of ketones is 2. The molecule has 0 bridgehead atoms. The predicted octanol–water partition coefficient (Wildman–Crippen LogP) is 0.911. The molecule has 0 spiro atoms. The molecule has 62 valence electrons. The van der Waals surface area contributed by atoms with E-state index < -0.39 is 7.14 Å². The van der Waals surface area contributed by atoms with Gasteiger partial charge in [0.2, 0.25) is 0 Å². The monoisotopic (exact) mass is 174 g/mol.